The Morgan fingerprint density at radius 1 is 1.33 bits per heavy atom. The number of rotatable bonds is 1. The van der Waals surface area contributed by atoms with Crippen LogP contribution in [0.1, 0.15) is 0 Å². The fraction of sp³-hybridized carbons (Fsp3) is 0. The van der Waals surface area contributed by atoms with Crippen LogP contribution in [0.25, 0.3) is 21.0 Å². The lowest BCUT2D eigenvalue weighted by Crippen LogP contribution is -1.94. The van der Waals surface area contributed by atoms with Gasteiger partial charge in [-0.3, -0.25) is 9.51 Å². The van der Waals surface area contributed by atoms with Gasteiger partial charge in [0.05, 0.1) is 10.2 Å². The number of para-hydroxylation sites is 1. The van der Waals surface area contributed by atoms with E-state index in [9.17, 15) is 4.79 Å². The molecule has 0 saturated heterocycles. The van der Waals surface area contributed by atoms with E-state index in [4.69, 9.17) is 0 Å². The van der Waals surface area contributed by atoms with Gasteiger partial charge >= 0.3 is 5.76 Å². The minimum absolute atomic E-state index is 0.376. The molecule has 15 heavy (non-hydrogen) atoms. The number of hydrogen-bond acceptors (Lipinski definition) is 5. The number of nitrogens with one attached hydrogen (secondary N) is 1. The van der Waals surface area contributed by atoms with Crippen molar-refractivity contribution in [2.75, 3.05) is 0 Å². The SMILES string of the molecule is O=c1[nH]c(-c2nc3ccccc3s2)no1. The van der Waals surface area contributed by atoms with Gasteiger partial charge in [-0.05, 0) is 12.1 Å². The standard InChI is InChI=1S/C9H5N3O2S/c13-9-11-7(12-14-9)8-10-5-3-1-2-4-6(5)15-8/h1-4H,(H,11,12,13). The van der Waals surface area contributed by atoms with Crippen molar-refractivity contribution < 1.29 is 4.52 Å². The lowest BCUT2D eigenvalue weighted by molar-refractivity contribution is 0.388. The average molecular weight is 219 g/mol. The molecule has 1 aromatic carbocycles. The first-order valence-corrected chi connectivity index (χ1v) is 5.06. The van der Waals surface area contributed by atoms with Gasteiger partial charge in [-0.2, -0.15) is 0 Å². The predicted molar refractivity (Wildman–Crippen MR) is 55.7 cm³/mol. The summed E-state index contributed by atoms with van der Waals surface area (Å²) < 4.78 is 5.47. The van der Waals surface area contributed by atoms with Crippen LogP contribution in [0, 0.1) is 0 Å². The van der Waals surface area contributed by atoms with Crippen LogP contribution in [0.4, 0.5) is 0 Å². The predicted octanol–water partition coefficient (Wildman–Crippen LogP) is 1.64. The molecule has 0 bridgehead atoms. The summed E-state index contributed by atoms with van der Waals surface area (Å²) in [5.74, 6) is -0.189. The van der Waals surface area contributed by atoms with Gasteiger partial charge in [-0.25, -0.2) is 9.78 Å². The third kappa shape index (κ3) is 1.35. The second-order valence-corrected chi connectivity index (χ2v) is 3.96. The van der Waals surface area contributed by atoms with E-state index in [1.54, 1.807) is 0 Å². The zero-order valence-corrected chi connectivity index (χ0v) is 8.25. The fourth-order valence-electron chi connectivity index (χ4n) is 1.30. The van der Waals surface area contributed by atoms with E-state index < -0.39 is 5.76 Å². The molecule has 0 fully saturated rings. The number of hydrogen-bond donors (Lipinski definition) is 1. The quantitative estimate of drug-likeness (QED) is 0.675. The van der Waals surface area contributed by atoms with Crippen LogP contribution in [-0.2, 0) is 0 Å². The van der Waals surface area contributed by atoms with E-state index in [-0.39, 0.29) is 0 Å². The molecule has 74 valence electrons. The van der Waals surface area contributed by atoms with E-state index >= 15 is 0 Å². The van der Waals surface area contributed by atoms with E-state index in [0.29, 0.717) is 10.8 Å². The van der Waals surface area contributed by atoms with Gasteiger partial charge in [-0.15, -0.1) is 11.3 Å². The molecule has 0 aliphatic rings. The molecule has 0 amide bonds. The molecule has 3 rings (SSSR count). The molecule has 5 nitrogen and oxygen atoms in total. The van der Waals surface area contributed by atoms with Crippen molar-refractivity contribution in [3.63, 3.8) is 0 Å². The third-order valence-corrected chi connectivity index (χ3v) is 2.98. The summed E-state index contributed by atoms with van der Waals surface area (Å²) >= 11 is 1.46. The monoisotopic (exact) mass is 219 g/mol. The van der Waals surface area contributed by atoms with Crippen molar-refractivity contribution in [1.29, 1.82) is 0 Å². The van der Waals surface area contributed by atoms with Gasteiger partial charge in [0, 0.05) is 0 Å². The highest BCUT2D eigenvalue weighted by Gasteiger charge is 2.09. The summed E-state index contributed by atoms with van der Waals surface area (Å²) in [4.78, 5) is 17.6. The Morgan fingerprint density at radius 3 is 2.93 bits per heavy atom. The number of fused-ring (bicyclic) bond motifs is 1. The van der Waals surface area contributed by atoms with Crippen molar-refractivity contribution in [2.24, 2.45) is 0 Å². The van der Waals surface area contributed by atoms with E-state index in [2.05, 4.69) is 19.6 Å². The Labute approximate surface area is 87.4 Å². The minimum Gasteiger partial charge on any atom is -0.295 e. The van der Waals surface area contributed by atoms with Crippen LogP contribution >= 0.6 is 11.3 Å². The first-order chi connectivity index (χ1) is 7.33. The maximum absolute atomic E-state index is 10.8. The van der Waals surface area contributed by atoms with Gasteiger partial charge in [0.2, 0.25) is 5.82 Å². The van der Waals surface area contributed by atoms with Gasteiger partial charge in [0.1, 0.15) is 0 Å². The zero-order chi connectivity index (χ0) is 10.3. The molecule has 0 aliphatic heterocycles. The Bertz CT molecular complexity index is 634. The number of aromatic amines is 1. The molecule has 3 aromatic rings. The number of nitrogens with zero attached hydrogens (tertiary/aromatic N) is 2. The number of thiazole rings is 1. The molecule has 2 aromatic heterocycles. The lowest BCUT2D eigenvalue weighted by atomic mass is 10.3. The number of H-pyrrole nitrogens is 1. The molecule has 0 saturated carbocycles. The summed E-state index contributed by atoms with van der Waals surface area (Å²) in [5.41, 5.74) is 0.890. The van der Waals surface area contributed by atoms with Crippen molar-refractivity contribution >= 4 is 21.6 Å². The molecule has 0 atom stereocenters. The molecule has 2 heterocycles. The molecule has 0 spiro atoms. The smallest absolute Gasteiger partial charge is 0.295 e. The van der Waals surface area contributed by atoms with Crippen LogP contribution in [0.15, 0.2) is 33.6 Å². The second kappa shape index (κ2) is 3.03. The van der Waals surface area contributed by atoms with E-state index in [1.807, 2.05) is 24.3 Å². The van der Waals surface area contributed by atoms with Gasteiger partial charge in [0.25, 0.3) is 0 Å². The van der Waals surface area contributed by atoms with Gasteiger partial charge < -0.3 is 0 Å². The maximum atomic E-state index is 10.8. The largest absolute Gasteiger partial charge is 0.439 e. The van der Waals surface area contributed by atoms with Crippen LogP contribution in [0.3, 0.4) is 0 Å². The second-order valence-electron chi connectivity index (χ2n) is 2.93. The average Bonchev–Trinajstić information content (AvgIpc) is 2.82. The number of benzene rings is 1. The topological polar surface area (TPSA) is 71.8 Å². The maximum Gasteiger partial charge on any atom is 0.439 e. The van der Waals surface area contributed by atoms with Crippen molar-refractivity contribution in [1.82, 2.24) is 15.1 Å². The highest BCUT2D eigenvalue weighted by atomic mass is 32.1. The first-order valence-electron chi connectivity index (χ1n) is 4.25. The molecule has 0 radical (unpaired) electrons. The van der Waals surface area contributed by atoms with Gasteiger partial charge in [-0.1, -0.05) is 17.3 Å². The molecular weight excluding hydrogens is 214 g/mol. The highest BCUT2D eigenvalue weighted by molar-refractivity contribution is 7.21. The Hall–Kier alpha value is -1.95. The zero-order valence-electron chi connectivity index (χ0n) is 7.43. The summed E-state index contributed by atoms with van der Waals surface area (Å²) in [7, 11) is 0. The van der Waals surface area contributed by atoms with E-state index in [0.717, 1.165) is 10.2 Å². The minimum atomic E-state index is -0.566. The molecule has 0 unspecified atom stereocenters. The Balaban J connectivity index is 2.24. The lowest BCUT2D eigenvalue weighted by Gasteiger charge is -1.81. The van der Waals surface area contributed by atoms with Crippen LogP contribution in [0.2, 0.25) is 0 Å². The fourth-order valence-corrected chi connectivity index (χ4v) is 2.20. The number of aromatic nitrogens is 3. The highest BCUT2D eigenvalue weighted by Crippen LogP contribution is 2.26. The normalized spacial score (nSPS) is 10.9. The summed E-state index contributed by atoms with van der Waals surface area (Å²) in [6.07, 6.45) is 0. The Kier molecular flexibility index (Phi) is 1.69. The molecular formula is C9H5N3O2S. The van der Waals surface area contributed by atoms with Gasteiger partial charge in [0.15, 0.2) is 5.01 Å². The molecule has 0 aliphatic carbocycles. The van der Waals surface area contributed by atoms with Crippen molar-refractivity contribution in [3.8, 4) is 10.8 Å². The van der Waals surface area contributed by atoms with Crippen LogP contribution in [0.5, 0.6) is 0 Å². The van der Waals surface area contributed by atoms with Crippen molar-refractivity contribution in [3.05, 3.63) is 34.8 Å². The summed E-state index contributed by atoms with van der Waals surface area (Å²) in [6.45, 7) is 0. The van der Waals surface area contributed by atoms with Crippen LogP contribution in [-0.4, -0.2) is 15.1 Å². The summed E-state index contributed by atoms with van der Waals surface area (Å²) in [5, 5.41) is 4.24. The van der Waals surface area contributed by atoms with Crippen LogP contribution < -0.4 is 5.76 Å². The third-order valence-electron chi connectivity index (χ3n) is 1.94. The Morgan fingerprint density at radius 2 is 2.20 bits per heavy atom. The molecule has 1 N–H and O–H groups in total. The molecule has 6 heteroatoms. The first kappa shape index (κ1) is 8.37. The van der Waals surface area contributed by atoms with Crippen molar-refractivity contribution in [2.45, 2.75) is 0 Å². The summed E-state index contributed by atoms with van der Waals surface area (Å²) in [6, 6.07) is 7.73. The van der Waals surface area contributed by atoms with E-state index in [1.165, 1.54) is 11.3 Å².